The van der Waals surface area contributed by atoms with Crippen molar-refractivity contribution in [1.82, 2.24) is 15.0 Å². The van der Waals surface area contributed by atoms with E-state index in [1.165, 1.54) is 0 Å². The molecule has 0 aliphatic rings. The smallest absolute Gasteiger partial charge is 0.412 e. The molecule has 0 unspecified atom stereocenters. The van der Waals surface area contributed by atoms with Gasteiger partial charge in [-0.25, -0.2) is 19.7 Å². The van der Waals surface area contributed by atoms with Gasteiger partial charge in [-0.15, -0.1) is 0 Å². The molecule has 2 N–H and O–H groups in total. The van der Waals surface area contributed by atoms with Gasteiger partial charge in [0.15, 0.2) is 28.6 Å². The Kier molecular flexibility index (Phi) is 11.6. The van der Waals surface area contributed by atoms with Gasteiger partial charge in [-0.1, -0.05) is 67.6 Å². The second-order valence-electron chi connectivity index (χ2n) is 12.0. The molecule has 0 fully saturated rings. The van der Waals surface area contributed by atoms with Crippen LogP contribution in [0.5, 0.6) is 28.7 Å². The van der Waals surface area contributed by atoms with Crippen molar-refractivity contribution in [2.45, 2.75) is 26.3 Å². The van der Waals surface area contributed by atoms with Gasteiger partial charge in [-0.3, -0.25) is 5.32 Å². The number of amides is 1. The molecule has 4 aromatic carbocycles. The second kappa shape index (κ2) is 16.8. The molecule has 0 radical (unpaired) electrons. The molecule has 0 saturated heterocycles. The van der Waals surface area contributed by atoms with Gasteiger partial charge in [-0.05, 0) is 54.3 Å². The molecular weight excluding hydrogens is 686 g/mol. The molecule has 0 aliphatic heterocycles. The maximum atomic E-state index is 12.7. The Morgan fingerprint density at radius 3 is 1.70 bits per heavy atom. The van der Waals surface area contributed by atoms with E-state index in [0.29, 0.717) is 63.3 Å². The lowest BCUT2D eigenvalue weighted by Gasteiger charge is -2.23. The first-order valence-electron chi connectivity index (χ1n) is 17.4. The quantitative estimate of drug-likeness (QED) is 0.111. The third kappa shape index (κ3) is 7.63. The van der Waals surface area contributed by atoms with Crippen molar-refractivity contribution in [3.8, 4) is 51.3 Å². The fraction of sp³-hybridized carbons (Fsp3) is 0.238. The number of anilines is 2. The van der Waals surface area contributed by atoms with E-state index in [1.807, 2.05) is 67.6 Å². The van der Waals surface area contributed by atoms with Crippen molar-refractivity contribution in [2.75, 3.05) is 52.8 Å². The average Bonchev–Trinajstić information content (AvgIpc) is 3.21. The van der Waals surface area contributed by atoms with Gasteiger partial charge in [0.25, 0.3) is 0 Å². The van der Waals surface area contributed by atoms with Crippen molar-refractivity contribution in [2.24, 2.45) is 0 Å². The predicted octanol–water partition coefficient (Wildman–Crippen LogP) is 8.73. The van der Waals surface area contributed by atoms with Gasteiger partial charge >= 0.3 is 6.09 Å². The molecule has 12 heteroatoms. The van der Waals surface area contributed by atoms with E-state index in [2.05, 4.69) is 34.9 Å². The summed E-state index contributed by atoms with van der Waals surface area (Å²) in [4.78, 5) is 28.0. The number of ether oxygens (including phenoxy) is 6. The number of hydrogen-bond acceptors (Lipinski definition) is 11. The van der Waals surface area contributed by atoms with E-state index >= 15 is 0 Å². The number of rotatable bonds is 14. The highest BCUT2D eigenvalue weighted by atomic mass is 16.5. The summed E-state index contributed by atoms with van der Waals surface area (Å²) < 4.78 is 33.9. The summed E-state index contributed by atoms with van der Waals surface area (Å²) in [5.41, 5.74) is 6.58. The Labute approximate surface area is 314 Å². The number of fused-ring (bicyclic) bond motifs is 1. The molecule has 0 saturated carbocycles. The Bertz CT molecular complexity index is 2160. The van der Waals surface area contributed by atoms with Crippen LogP contribution in [-0.4, -0.2) is 63.2 Å². The SMILES string of the molecule is CCOC(=O)Nc1cc(NC(c2ccccc2)c2ccccc2)c2nc(-c3cc(CC)c(OC)c(OC)c3)c(-c3cc(OC)c(OC)c(OC)c3)nc2n1. The van der Waals surface area contributed by atoms with E-state index in [0.717, 1.165) is 22.3 Å². The molecule has 0 aliphatic carbocycles. The highest BCUT2D eigenvalue weighted by molar-refractivity contribution is 5.95. The lowest BCUT2D eigenvalue weighted by atomic mass is 9.98. The molecule has 0 spiro atoms. The largest absolute Gasteiger partial charge is 0.493 e. The molecule has 2 aromatic heterocycles. The third-order valence-electron chi connectivity index (χ3n) is 8.86. The number of methoxy groups -OCH3 is 5. The maximum absolute atomic E-state index is 12.7. The molecule has 0 atom stereocenters. The highest BCUT2D eigenvalue weighted by Crippen LogP contribution is 2.45. The van der Waals surface area contributed by atoms with Crippen LogP contribution in [0.2, 0.25) is 0 Å². The Morgan fingerprint density at radius 1 is 0.648 bits per heavy atom. The lowest BCUT2D eigenvalue weighted by molar-refractivity contribution is 0.168. The molecule has 0 bridgehead atoms. The average molecular weight is 730 g/mol. The van der Waals surface area contributed by atoms with Crippen LogP contribution in [0.3, 0.4) is 0 Å². The highest BCUT2D eigenvalue weighted by Gasteiger charge is 2.25. The van der Waals surface area contributed by atoms with Gasteiger partial charge < -0.3 is 33.7 Å². The number of pyridine rings is 1. The third-order valence-corrected chi connectivity index (χ3v) is 8.86. The van der Waals surface area contributed by atoms with Gasteiger partial charge in [0, 0.05) is 17.2 Å². The minimum atomic E-state index is -0.648. The van der Waals surface area contributed by atoms with E-state index in [4.69, 9.17) is 43.4 Å². The molecular formula is C42H43N5O7. The Balaban J connectivity index is 1.68. The van der Waals surface area contributed by atoms with Crippen molar-refractivity contribution in [3.05, 3.63) is 108 Å². The van der Waals surface area contributed by atoms with Crippen LogP contribution in [0.1, 0.15) is 36.6 Å². The van der Waals surface area contributed by atoms with E-state index < -0.39 is 6.09 Å². The second-order valence-corrected chi connectivity index (χ2v) is 12.0. The van der Waals surface area contributed by atoms with Crippen LogP contribution in [0.4, 0.5) is 16.3 Å². The summed E-state index contributed by atoms with van der Waals surface area (Å²) in [6.07, 6.45) is 0.0193. The standard InChI is InChI=1S/C42H43N5O7/c1-8-25-20-28(21-31(49-3)39(25)52-6)36-37(29-22-32(50-4)40(53-7)33(23-29)51-5)47-41-38(46-36)30(24-34(44-41)45-42(48)54-9-2)43-35(26-16-12-10-13-17-26)27-18-14-11-15-19-27/h10-24,35H,8-9H2,1-7H3,(H2,43,44,45,47,48). The van der Waals surface area contributed by atoms with Crippen molar-refractivity contribution in [1.29, 1.82) is 0 Å². The first-order valence-corrected chi connectivity index (χ1v) is 17.4. The number of hydrogen-bond donors (Lipinski definition) is 2. The summed E-state index contributed by atoms with van der Waals surface area (Å²) in [6, 6.07) is 29.1. The fourth-order valence-electron chi connectivity index (χ4n) is 6.35. The zero-order chi connectivity index (χ0) is 38.2. The van der Waals surface area contributed by atoms with E-state index in [-0.39, 0.29) is 24.1 Å². The number of nitrogens with one attached hydrogen (secondary N) is 2. The minimum Gasteiger partial charge on any atom is -0.493 e. The van der Waals surface area contributed by atoms with Crippen LogP contribution in [0.15, 0.2) is 91.0 Å². The van der Waals surface area contributed by atoms with Crippen LogP contribution in [0.25, 0.3) is 33.7 Å². The molecule has 2 heterocycles. The van der Waals surface area contributed by atoms with Gasteiger partial charge in [0.05, 0.1) is 65.3 Å². The van der Waals surface area contributed by atoms with Gasteiger partial charge in [0.1, 0.15) is 11.3 Å². The van der Waals surface area contributed by atoms with Crippen LogP contribution in [0, 0.1) is 0 Å². The van der Waals surface area contributed by atoms with E-state index in [1.54, 1.807) is 48.5 Å². The predicted molar refractivity (Wildman–Crippen MR) is 209 cm³/mol. The molecule has 278 valence electrons. The van der Waals surface area contributed by atoms with Crippen molar-refractivity contribution < 1.29 is 33.2 Å². The monoisotopic (exact) mass is 729 g/mol. The normalized spacial score (nSPS) is 10.9. The van der Waals surface area contributed by atoms with Crippen LogP contribution >= 0.6 is 0 Å². The number of nitrogens with zero attached hydrogens (tertiary/aromatic N) is 3. The number of carbonyl (C=O) groups is 1. The zero-order valence-electron chi connectivity index (χ0n) is 31.4. The van der Waals surface area contributed by atoms with Crippen LogP contribution < -0.4 is 34.3 Å². The molecule has 54 heavy (non-hydrogen) atoms. The molecule has 6 aromatic rings. The molecule has 1 amide bonds. The van der Waals surface area contributed by atoms with E-state index in [9.17, 15) is 4.79 Å². The van der Waals surface area contributed by atoms with Crippen molar-refractivity contribution in [3.63, 3.8) is 0 Å². The number of carbonyl (C=O) groups excluding carboxylic acids is 1. The summed E-state index contributed by atoms with van der Waals surface area (Å²) in [5, 5.41) is 6.48. The number of benzene rings is 4. The zero-order valence-corrected chi connectivity index (χ0v) is 31.4. The lowest BCUT2D eigenvalue weighted by Crippen LogP contribution is -2.17. The van der Waals surface area contributed by atoms with Gasteiger partial charge in [-0.2, -0.15) is 0 Å². The summed E-state index contributed by atoms with van der Waals surface area (Å²) in [7, 11) is 7.88. The van der Waals surface area contributed by atoms with Gasteiger partial charge in [0.2, 0.25) is 5.75 Å². The maximum Gasteiger partial charge on any atom is 0.412 e. The first kappa shape index (κ1) is 37.2. The fourth-order valence-corrected chi connectivity index (χ4v) is 6.35. The first-order chi connectivity index (χ1) is 26.3. The van der Waals surface area contributed by atoms with Crippen molar-refractivity contribution >= 4 is 28.8 Å². The Morgan fingerprint density at radius 2 is 1.19 bits per heavy atom. The Hall–Kier alpha value is -6.56. The topological polar surface area (TPSA) is 135 Å². The number of aryl methyl sites for hydroxylation is 1. The minimum absolute atomic E-state index is 0.189. The number of aromatic nitrogens is 3. The summed E-state index contributed by atoms with van der Waals surface area (Å²) in [6.45, 7) is 3.97. The van der Waals surface area contributed by atoms with Crippen LogP contribution in [-0.2, 0) is 11.2 Å². The summed E-state index contributed by atoms with van der Waals surface area (Å²) in [5.74, 6) is 2.70. The summed E-state index contributed by atoms with van der Waals surface area (Å²) >= 11 is 0. The molecule has 6 rings (SSSR count). The molecule has 12 nitrogen and oxygen atoms in total.